The number of pyridine rings is 1. The molecule has 3 rings (SSSR count). The summed E-state index contributed by atoms with van der Waals surface area (Å²) in [4.78, 5) is 4.62. The number of aryl methyl sites for hydroxylation is 1. The molecule has 0 unspecified atom stereocenters. The van der Waals surface area contributed by atoms with Gasteiger partial charge in [-0.2, -0.15) is 0 Å². The van der Waals surface area contributed by atoms with E-state index >= 15 is 0 Å². The van der Waals surface area contributed by atoms with Crippen molar-refractivity contribution < 1.29 is 0 Å². The molecule has 0 atom stereocenters. The molecule has 1 fully saturated rings. The lowest BCUT2D eigenvalue weighted by molar-refractivity contribution is 0.471. The molecule has 1 N–H and O–H groups in total. The first-order chi connectivity index (χ1) is 9.83. The topological polar surface area (TPSA) is 24.9 Å². The standard InChI is InChI=1S/C18H24N2/c1-14-13-18(16-11-7-8-12-17(16)19-14)20-15-9-5-3-2-4-6-10-15/h7-8,11-13,15H,2-6,9-10H2,1H3,(H,19,20). The largest absolute Gasteiger partial charge is 0.382 e. The van der Waals surface area contributed by atoms with Crippen molar-refractivity contribution in [1.29, 1.82) is 0 Å². The molecule has 1 aliphatic carbocycles. The number of aromatic nitrogens is 1. The normalized spacial score (nSPS) is 17.6. The Labute approximate surface area is 121 Å². The van der Waals surface area contributed by atoms with Gasteiger partial charge in [-0.3, -0.25) is 4.98 Å². The van der Waals surface area contributed by atoms with Crippen molar-refractivity contribution >= 4 is 16.6 Å². The maximum absolute atomic E-state index is 4.62. The summed E-state index contributed by atoms with van der Waals surface area (Å²) < 4.78 is 0. The molecule has 1 saturated carbocycles. The van der Waals surface area contributed by atoms with Crippen LogP contribution in [0.15, 0.2) is 30.3 Å². The molecular formula is C18H24N2. The fourth-order valence-electron chi connectivity index (χ4n) is 3.25. The third kappa shape index (κ3) is 3.12. The van der Waals surface area contributed by atoms with E-state index in [-0.39, 0.29) is 0 Å². The molecule has 2 heteroatoms. The molecule has 2 aromatic rings. The lowest BCUT2D eigenvalue weighted by Crippen LogP contribution is -2.20. The van der Waals surface area contributed by atoms with E-state index in [1.54, 1.807) is 0 Å². The summed E-state index contributed by atoms with van der Waals surface area (Å²) in [5, 5.41) is 5.04. The van der Waals surface area contributed by atoms with Crippen molar-refractivity contribution in [3.63, 3.8) is 0 Å². The van der Waals surface area contributed by atoms with Gasteiger partial charge in [-0.25, -0.2) is 0 Å². The average Bonchev–Trinajstić information content (AvgIpc) is 2.41. The second kappa shape index (κ2) is 6.25. The smallest absolute Gasteiger partial charge is 0.0725 e. The second-order valence-corrected chi connectivity index (χ2v) is 6.01. The van der Waals surface area contributed by atoms with E-state index in [0.717, 1.165) is 11.2 Å². The van der Waals surface area contributed by atoms with E-state index in [1.807, 2.05) is 0 Å². The molecular weight excluding hydrogens is 244 g/mol. The van der Waals surface area contributed by atoms with Crippen molar-refractivity contribution in [1.82, 2.24) is 4.98 Å². The lowest BCUT2D eigenvalue weighted by Gasteiger charge is -2.23. The molecule has 1 heterocycles. The minimum atomic E-state index is 0.625. The SMILES string of the molecule is Cc1cc(NC2CCCCCCC2)c2ccccc2n1. The average molecular weight is 268 g/mol. The van der Waals surface area contributed by atoms with Gasteiger partial charge in [-0.15, -0.1) is 0 Å². The van der Waals surface area contributed by atoms with Crippen LogP contribution in [-0.2, 0) is 0 Å². The minimum absolute atomic E-state index is 0.625. The van der Waals surface area contributed by atoms with Crippen LogP contribution < -0.4 is 5.32 Å². The van der Waals surface area contributed by atoms with Crippen LogP contribution in [0.4, 0.5) is 5.69 Å². The first-order valence-corrected chi connectivity index (χ1v) is 7.96. The number of nitrogens with zero attached hydrogens (tertiary/aromatic N) is 1. The first-order valence-electron chi connectivity index (χ1n) is 7.96. The lowest BCUT2D eigenvalue weighted by atomic mass is 9.96. The minimum Gasteiger partial charge on any atom is -0.382 e. The highest BCUT2D eigenvalue weighted by atomic mass is 14.9. The Kier molecular flexibility index (Phi) is 4.19. The van der Waals surface area contributed by atoms with E-state index in [1.165, 1.54) is 56.0 Å². The number of para-hydroxylation sites is 1. The molecule has 0 aliphatic heterocycles. The third-order valence-electron chi connectivity index (χ3n) is 4.31. The summed E-state index contributed by atoms with van der Waals surface area (Å²) in [5.41, 5.74) is 3.46. The molecule has 0 bridgehead atoms. The Morgan fingerprint density at radius 1 is 1.00 bits per heavy atom. The monoisotopic (exact) mass is 268 g/mol. The van der Waals surface area contributed by atoms with Crippen molar-refractivity contribution in [2.75, 3.05) is 5.32 Å². The Morgan fingerprint density at radius 2 is 1.70 bits per heavy atom. The van der Waals surface area contributed by atoms with E-state index in [0.29, 0.717) is 6.04 Å². The fraction of sp³-hybridized carbons (Fsp3) is 0.500. The summed E-state index contributed by atoms with van der Waals surface area (Å²) in [5.74, 6) is 0. The van der Waals surface area contributed by atoms with E-state index in [9.17, 15) is 0 Å². The van der Waals surface area contributed by atoms with Crippen molar-refractivity contribution in [3.05, 3.63) is 36.0 Å². The number of benzene rings is 1. The van der Waals surface area contributed by atoms with Gasteiger partial charge < -0.3 is 5.32 Å². The van der Waals surface area contributed by atoms with Gasteiger partial charge in [-0.1, -0.05) is 50.3 Å². The van der Waals surface area contributed by atoms with Crippen LogP contribution in [0.25, 0.3) is 10.9 Å². The van der Waals surface area contributed by atoms with Gasteiger partial charge in [0.2, 0.25) is 0 Å². The molecule has 1 aliphatic rings. The van der Waals surface area contributed by atoms with Crippen molar-refractivity contribution in [3.8, 4) is 0 Å². The van der Waals surface area contributed by atoms with Gasteiger partial charge in [0.1, 0.15) is 0 Å². The van der Waals surface area contributed by atoms with Gasteiger partial charge in [0, 0.05) is 22.8 Å². The van der Waals surface area contributed by atoms with Crippen LogP contribution in [0, 0.1) is 6.92 Å². The summed E-state index contributed by atoms with van der Waals surface area (Å²) in [6, 6.07) is 11.3. The number of hydrogen-bond donors (Lipinski definition) is 1. The number of anilines is 1. The Hall–Kier alpha value is -1.57. The highest BCUT2D eigenvalue weighted by Crippen LogP contribution is 2.26. The van der Waals surface area contributed by atoms with Gasteiger partial charge in [-0.05, 0) is 31.9 Å². The molecule has 20 heavy (non-hydrogen) atoms. The molecule has 1 aromatic carbocycles. The second-order valence-electron chi connectivity index (χ2n) is 6.01. The quantitative estimate of drug-likeness (QED) is 0.822. The maximum Gasteiger partial charge on any atom is 0.0725 e. The third-order valence-corrected chi connectivity index (χ3v) is 4.31. The Balaban J connectivity index is 1.85. The molecule has 0 spiro atoms. The van der Waals surface area contributed by atoms with Crippen LogP contribution in [0.1, 0.15) is 50.6 Å². The molecule has 0 saturated heterocycles. The first kappa shape index (κ1) is 13.4. The highest BCUT2D eigenvalue weighted by molar-refractivity contribution is 5.91. The number of rotatable bonds is 2. The van der Waals surface area contributed by atoms with Gasteiger partial charge in [0.05, 0.1) is 5.52 Å². The Bertz CT molecular complexity index is 569. The predicted octanol–water partition coefficient (Wildman–Crippen LogP) is 5.07. The van der Waals surface area contributed by atoms with Crippen molar-refractivity contribution in [2.24, 2.45) is 0 Å². The fourth-order valence-corrected chi connectivity index (χ4v) is 3.25. The summed E-state index contributed by atoms with van der Waals surface area (Å²) in [7, 11) is 0. The zero-order valence-electron chi connectivity index (χ0n) is 12.4. The highest BCUT2D eigenvalue weighted by Gasteiger charge is 2.13. The molecule has 0 amide bonds. The van der Waals surface area contributed by atoms with Crippen LogP contribution >= 0.6 is 0 Å². The molecule has 0 radical (unpaired) electrons. The summed E-state index contributed by atoms with van der Waals surface area (Å²) in [6.45, 7) is 2.08. The van der Waals surface area contributed by atoms with E-state index in [4.69, 9.17) is 0 Å². The van der Waals surface area contributed by atoms with Crippen LogP contribution in [0.5, 0.6) is 0 Å². The van der Waals surface area contributed by atoms with Gasteiger partial charge in [0.25, 0.3) is 0 Å². The van der Waals surface area contributed by atoms with E-state index < -0.39 is 0 Å². The zero-order valence-corrected chi connectivity index (χ0v) is 12.4. The van der Waals surface area contributed by atoms with Gasteiger partial charge >= 0.3 is 0 Å². The summed E-state index contributed by atoms with van der Waals surface area (Å²) >= 11 is 0. The zero-order chi connectivity index (χ0) is 13.8. The van der Waals surface area contributed by atoms with Crippen molar-refractivity contribution in [2.45, 2.75) is 57.9 Å². The predicted molar refractivity (Wildman–Crippen MR) is 86.2 cm³/mol. The molecule has 1 aromatic heterocycles. The van der Waals surface area contributed by atoms with Crippen LogP contribution in [0.2, 0.25) is 0 Å². The number of hydrogen-bond acceptors (Lipinski definition) is 2. The number of nitrogens with one attached hydrogen (secondary N) is 1. The molecule has 106 valence electrons. The maximum atomic E-state index is 4.62. The van der Waals surface area contributed by atoms with Gasteiger partial charge in [0.15, 0.2) is 0 Å². The van der Waals surface area contributed by atoms with E-state index in [2.05, 4.69) is 47.6 Å². The van der Waals surface area contributed by atoms with Crippen LogP contribution in [-0.4, -0.2) is 11.0 Å². The summed E-state index contributed by atoms with van der Waals surface area (Å²) in [6.07, 6.45) is 9.54. The van der Waals surface area contributed by atoms with Crippen LogP contribution in [0.3, 0.4) is 0 Å². The number of fused-ring (bicyclic) bond motifs is 1. The Morgan fingerprint density at radius 3 is 2.50 bits per heavy atom. The molecule has 2 nitrogen and oxygen atoms in total.